The summed E-state index contributed by atoms with van der Waals surface area (Å²) < 4.78 is 247. The van der Waals surface area contributed by atoms with Gasteiger partial charge in [-0.2, -0.15) is 19.0 Å². The fourth-order valence-corrected chi connectivity index (χ4v) is 18.6. The summed E-state index contributed by atoms with van der Waals surface area (Å²) in [7, 11) is -9.95. The van der Waals surface area contributed by atoms with Gasteiger partial charge in [-0.3, -0.25) is 0 Å². The van der Waals surface area contributed by atoms with Crippen LogP contribution in [0.2, 0.25) is 19.6 Å². The monoisotopic (exact) mass is 1010 g/mol. The third kappa shape index (κ3) is 6.48. The van der Waals surface area contributed by atoms with Crippen LogP contribution in [0.25, 0.3) is 21.5 Å². The largest absolute Gasteiger partial charge is 0.234 e. The molecule has 0 bridgehead atoms. The molecule has 0 aromatic heterocycles. The van der Waals surface area contributed by atoms with E-state index in [0.29, 0.717) is 11.1 Å². The Hall–Kier alpha value is -5.62. The Bertz CT molecular complexity index is 3250. The lowest BCUT2D eigenvalue weighted by Crippen LogP contribution is -2.65. The van der Waals surface area contributed by atoms with E-state index in [4.69, 9.17) is 0 Å². The maximum absolute atomic E-state index is 17.6. The maximum Gasteiger partial charge on any atom is 0.234 e. The van der Waals surface area contributed by atoms with Crippen LogP contribution in [-0.4, -0.2) is 19.1 Å². The lowest BCUT2D eigenvalue weighted by molar-refractivity contribution is 0.00597. The molecule has 2 aliphatic rings. The molecule has 6 aromatic rings. The lowest BCUT2D eigenvalue weighted by atomic mass is 9.20. The highest BCUT2D eigenvalue weighted by atomic mass is 31.2. The van der Waals surface area contributed by atoms with Crippen molar-refractivity contribution in [3.63, 3.8) is 0 Å². The topological polar surface area (TPSA) is 23.1 Å². The van der Waals surface area contributed by atoms with Crippen molar-refractivity contribution < 1.29 is 71.1 Å². The van der Waals surface area contributed by atoms with Gasteiger partial charge < -0.3 is 0 Å². The molecule has 0 saturated heterocycles. The fraction of sp³-hybridized carbons (Fsp3) is 0.184. The first-order valence-electron chi connectivity index (χ1n) is 20.9. The molecule has 0 N–H and O–H groups in total. The predicted octanol–water partition coefficient (Wildman–Crippen LogP) is 13.5. The SMILES string of the molecule is Cc1cc(C)c(C2=C3c4ccccc4C([Si](C)(C)C)=C(c4c(F)c(F)c(F)c(F)c4F)[B-]3(c3c(F)c(F)c(F)c(F)c3F)N([O])[P+]2(c2c(C)cc(C)cc2C)c2c(F)c(F)c(F)c(F)c2F)c(C)c1. The normalized spacial score (nSPS) is 18.4. The van der Waals surface area contributed by atoms with Crippen LogP contribution in [0, 0.1) is 129 Å². The Kier molecular flexibility index (Phi) is 11.9. The zero-order valence-electron chi connectivity index (χ0n) is 37.7. The molecular weight excluding hydrogens is 973 g/mol. The first-order valence-corrected chi connectivity index (χ1v) is 26.1. The van der Waals surface area contributed by atoms with E-state index in [9.17, 15) is 0 Å². The van der Waals surface area contributed by atoms with Crippen LogP contribution >= 0.6 is 7.41 Å². The Morgan fingerprint density at radius 3 is 1.22 bits per heavy atom. The standard InChI is InChI=1S/C49H35BF15NOPSi/c1-18-14-20(3)26(21(4)15-18)47-28-24-12-10-11-13-25(24)49(69(7,8)9)29(27-31(51)35(55)39(59)36(56)32(27)52)50(28,30-33(53)37(57)40(60)38(58)34(30)54)66(67)68(47,46-22(5)16-19(2)17-23(46)6)48-44(64)42(62)41(61)43(63)45(48)65/h10-17H,1-9H3. The van der Waals surface area contributed by atoms with Crippen LogP contribution in [0.5, 0.6) is 0 Å². The number of halogens is 15. The smallest absolute Gasteiger partial charge is 0.207 e. The molecule has 2 nitrogen and oxygen atoms in total. The molecule has 1 radical (unpaired) electrons. The Balaban J connectivity index is 1.93. The number of nitrogens with zero attached hydrogens (tertiary/aromatic N) is 1. The number of benzene rings is 6. The predicted molar refractivity (Wildman–Crippen MR) is 238 cm³/mol. The van der Waals surface area contributed by atoms with Crippen molar-refractivity contribution in [1.82, 2.24) is 4.74 Å². The molecule has 2 atom stereocenters. The summed E-state index contributed by atoms with van der Waals surface area (Å²) in [6.07, 6.45) is -5.54. The molecule has 6 aromatic carbocycles. The highest BCUT2D eigenvalue weighted by Gasteiger charge is 2.73. The second kappa shape index (κ2) is 16.5. The zero-order chi connectivity index (χ0) is 51.2. The highest BCUT2D eigenvalue weighted by Crippen LogP contribution is 2.81. The van der Waals surface area contributed by atoms with Crippen molar-refractivity contribution in [2.24, 2.45) is 0 Å². The third-order valence-electron chi connectivity index (χ3n) is 13.1. The summed E-state index contributed by atoms with van der Waals surface area (Å²) in [5, 5.41) is 13.5. The lowest BCUT2D eigenvalue weighted by Gasteiger charge is -2.51. The van der Waals surface area contributed by atoms with Gasteiger partial charge in [0.05, 0.1) is 13.4 Å². The molecule has 0 spiro atoms. The summed E-state index contributed by atoms with van der Waals surface area (Å²) in [4.78, 5) is 0. The summed E-state index contributed by atoms with van der Waals surface area (Å²) >= 11 is 0. The minimum absolute atomic E-state index is 0.0123. The van der Waals surface area contributed by atoms with Crippen LogP contribution < -0.4 is 16.1 Å². The van der Waals surface area contributed by atoms with E-state index in [-0.39, 0.29) is 33.4 Å². The van der Waals surface area contributed by atoms with Crippen molar-refractivity contribution >= 4 is 59.3 Å². The van der Waals surface area contributed by atoms with E-state index < -0.39 is 162 Å². The molecule has 2 unspecified atom stereocenters. The van der Waals surface area contributed by atoms with Gasteiger partial charge in [-0.25, -0.2) is 57.1 Å². The molecular formula is C49H35BF15NOPSi. The molecule has 69 heavy (non-hydrogen) atoms. The summed E-state index contributed by atoms with van der Waals surface area (Å²) in [5.41, 5.74) is -7.56. The van der Waals surface area contributed by atoms with Gasteiger partial charge in [0.2, 0.25) is 41.2 Å². The summed E-state index contributed by atoms with van der Waals surface area (Å²) in [6, 6.07) is 10.3. The molecule has 0 saturated carbocycles. The minimum atomic E-state index is -6.07. The van der Waals surface area contributed by atoms with Gasteiger partial charge in [0.1, 0.15) is 16.9 Å². The van der Waals surface area contributed by atoms with Gasteiger partial charge in [0.15, 0.2) is 53.4 Å². The van der Waals surface area contributed by atoms with Gasteiger partial charge >= 0.3 is 0 Å². The molecule has 20 heteroatoms. The summed E-state index contributed by atoms with van der Waals surface area (Å²) in [5.74, 6) is -41.4. The van der Waals surface area contributed by atoms with Crippen molar-refractivity contribution in [1.29, 1.82) is 0 Å². The number of rotatable bonds is 6. The Morgan fingerprint density at radius 1 is 0.435 bits per heavy atom. The van der Waals surface area contributed by atoms with E-state index in [2.05, 4.69) is 0 Å². The molecule has 2 aliphatic heterocycles. The number of aryl methyl sites for hydroxylation is 6. The molecule has 0 aliphatic carbocycles. The van der Waals surface area contributed by atoms with Crippen LogP contribution in [0.4, 0.5) is 65.9 Å². The fourth-order valence-electron chi connectivity index (χ4n) is 11.1. The Labute approximate surface area is 386 Å². The van der Waals surface area contributed by atoms with E-state index >= 15 is 71.1 Å². The molecule has 359 valence electrons. The second-order valence-corrected chi connectivity index (χ2v) is 26.5. The third-order valence-corrected chi connectivity index (χ3v) is 19.6. The second-order valence-electron chi connectivity index (χ2n) is 18.5. The van der Waals surface area contributed by atoms with E-state index in [1.807, 2.05) is 0 Å². The van der Waals surface area contributed by atoms with Gasteiger partial charge in [-0.15, -0.1) is 10.7 Å². The van der Waals surface area contributed by atoms with Crippen molar-refractivity contribution in [2.75, 3.05) is 0 Å². The average Bonchev–Trinajstić information content (AvgIpc) is 3.48. The van der Waals surface area contributed by atoms with Crippen molar-refractivity contribution in [3.8, 4) is 0 Å². The van der Waals surface area contributed by atoms with E-state index in [1.165, 1.54) is 96.7 Å². The number of hydrogen-bond donors (Lipinski definition) is 0. The summed E-state index contributed by atoms with van der Waals surface area (Å²) in [6.45, 7) is 12.4. The number of hydrogen-bond acceptors (Lipinski definition) is 1. The minimum Gasteiger partial charge on any atom is -0.207 e. The van der Waals surface area contributed by atoms with Gasteiger partial charge in [-0.05, 0) is 74.9 Å². The van der Waals surface area contributed by atoms with E-state index in [0.717, 1.165) is 6.07 Å². The van der Waals surface area contributed by atoms with Crippen LogP contribution in [0.3, 0.4) is 0 Å². The highest BCUT2D eigenvalue weighted by molar-refractivity contribution is 7.99. The van der Waals surface area contributed by atoms with E-state index in [1.54, 1.807) is 6.92 Å². The molecule has 2 heterocycles. The number of fused-ring (bicyclic) bond motifs is 3. The maximum atomic E-state index is 17.6. The van der Waals surface area contributed by atoms with Crippen molar-refractivity contribution in [3.05, 3.63) is 191 Å². The van der Waals surface area contributed by atoms with Crippen molar-refractivity contribution in [2.45, 2.75) is 61.2 Å². The molecule has 0 fully saturated rings. The quantitative estimate of drug-likeness (QED) is 0.0536. The van der Waals surface area contributed by atoms with Gasteiger partial charge in [-0.1, -0.05) is 90.0 Å². The molecule has 8 rings (SSSR count). The first-order chi connectivity index (χ1) is 32.0. The van der Waals surface area contributed by atoms with Gasteiger partial charge in [0.25, 0.3) is 0 Å². The van der Waals surface area contributed by atoms with Crippen LogP contribution in [-0.2, 0) is 5.21 Å². The Morgan fingerprint density at radius 2 is 0.797 bits per heavy atom. The van der Waals surface area contributed by atoms with Crippen LogP contribution in [0.15, 0.2) is 48.5 Å². The van der Waals surface area contributed by atoms with Gasteiger partial charge in [0, 0.05) is 11.1 Å². The zero-order valence-corrected chi connectivity index (χ0v) is 39.6. The molecule has 0 amide bonds. The average molecular weight is 1010 g/mol. The van der Waals surface area contributed by atoms with Crippen LogP contribution in [0.1, 0.15) is 55.6 Å². The first kappa shape index (κ1) is 49.8.